The van der Waals surface area contributed by atoms with Crippen LogP contribution in [0.4, 0.5) is 11.4 Å². The molecule has 2 rings (SSSR count). The fourth-order valence-corrected chi connectivity index (χ4v) is 1.94. The average Bonchev–Trinajstić information content (AvgIpc) is 2.38. The maximum atomic E-state index is 11.9. The van der Waals surface area contributed by atoms with Crippen LogP contribution in [0.2, 0.25) is 0 Å². The molecule has 5 nitrogen and oxygen atoms in total. The first-order valence-electron chi connectivity index (χ1n) is 5.53. The SMILES string of the molecule is CNc1ccc2c(c1)N(C(=O)CCCl)C(=O)CO2. The van der Waals surface area contributed by atoms with Gasteiger partial charge in [-0.05, 0) is 18.2 Å². The molecule has 6 heteroatoms. The van der Waals surface area contributed by atoms with Crippen LogP contribution in [0.25, 0.3) is 0 Å². The van der Waals surface area contributed by atoms with Gasteiger partial charge in [0, 0.05) is 25.0 Å². The van der Waals surface area contributed by atoms with Gasteiger partial charge in [-0.1, -0.05) is 0 Å². The second-order valence-electron chi connectivity index (χ2n) is 3.78. The summed E-state index contributed by atoms with van der Waals surface area (Å²) in [7, 11) is 1.76. The van der Waals surface area contributed by atoms with Crippen molar-refractivity contribution in [1.82, 2.24) is 0 Å². The van der Waals surface area contributed by atoms with Crippen molar-refractivity contribution in [3.63, 3.8) is 0 Å². The van der Waals surface area contributed by atoms with Crippen molar-refractivity contribution in [3.8, 4) is 5.75 Å². The summed E-state index contributed by atoms with van der Waals surface area (Å²) < 4.78 is 5.29. The molecule has 1 aliphatic heterocycles. The maximum Gasteiger partial charge on any atom is 0.271 e. The molecule has 0 bridgehead atoms. The number of hydrogen-bond acceptors (Lipinski definition) is 4. The van der Waals surface area contributed by atoms with Crippen molar-refractivity contribution in [2.75, 3.05) is 29.8 Å². The molecule has 96 valence electrons. The zero-order chi connectivity index (χ0) is 13.1. The Morgan fingerprint density at radius 3 is 3.00 bits per heavy atom. The second kappa shape index (κ2) is 5.27. The van der Waals surface area contributed by atoms with Gasteiger partial charge in [-0.15, -0.1) is 11.6 Å². The monoisotopic (exact) mass is 268 g/mol. The van der Waals surface area contributed by atoms with E-state index >= 15 is 0 Å². The molecule has 0 saturated carbocycles. The van der Waals surface area contributed by atoms with Crippen LogP contribution in [0.15, 0.2) is 18.2 Å². The van der Waals surface area contributed by atoms with E-state index in [1.807, 2.05) is 6.07 Å². The molecule has 1 aromatic rings. The fraction of sp³-hybridized carbons (Fsp3) is 0.333. The fourth-order valence-electron chi connectivity index (χ4n) is 1.77. The predicted molar refractivity (Wildman–Crippen MR) is 69.3 cm³/mol. The van der Waals surface area contributed by atoms with Crippen molar-refractivity contribution in [3.05, 3.63) is 18.2 Å². The molecule has 1 heterocycles. The topological polar surface area (TPSA) is 58.6 Å². The normalized spacial score (nSPS) is 13.9. The summed E-state index contributed by atoms with van der Waals surface area (Å²) in [5.41, 5.74) is 1.27. The first-order valence-corrected chi connectivity index (χ1v) is 6.07. The van der Waals surface area contributed by atoms with Gasteiger partial charge in [-0.25, -0.2) is 4.90 Å². The minimum absolute atomic E-state index is 0.122. The van der Waals surface area contributed by atoms with E-state index in [0.717, 1.165) is 10.6 Å². The van der Waals surface area contributed by atoms with E-state index in [-0.39, 0.29) is 30.7 Å². The highest BCUT2D eigenvalue weighted by Crippen LogP contribution is 2.34. The molecule has 0 spiro atoms. The number of nitrogens with one attached hydrogen (secondary N) is 1. The number of ether oxygens (including phenoxy) is 1. The third kappa shape index (κ3) is 2.26. The quantitative estimate of drug-likeness (QED) is 0.846. The molecule has 0 atom stereocenters. The summed E-state index contributed by atoms with van der Waals surface area (Å²) in [5.74, 6) is 0.0278. The number of rotatable bonds is 3. The number of alkyl halides is 1. The average molecular weight is 269 g/mol. The Kier molecular flexibility index (Phi) is 3.72. The molecule has 2 amide bonds. The number of anilines is 2. The zero-order valence-electron chi connectivity index (χ0n) is 9.90. The molecule has 0 aliphatic carbocycles. The molecular weight excluding hydrogens is 256 g/mol. The first kappa shape index (κ1) is 12.7. The van der Waals surface area contributed by atoms with E-state index in [2.05, 4.69) is 5.32 Å². The number of fused-ring (bicyclic) bond motifs is 1. The smallest absolute Gasteiger partial charge is 0.271 e. The number of benzene rings is 1. The Bertz CT molecular complexity index is 490. The van der Waals surface area contributed by atoms with Crippen molar-refractivity contribution < 1.29 is 14.3 Å². The lowest BCUT2D eigenvalue weighted by Crippen LogP contribution is -2.43. The summed E-state index contributed by atoms with van der Waals surface area (Å²) in [4.78, 5) is 24.8. The number of hydrogen-bond donors (Lipinski definition) is 1. The van der Waals surface area contributed by atoms with Crippen LogP contribution in [-0.2, 0) is 9.59 Å². The second-order valence-corrected chi connectivity index (χ2v) is 4.16. The van der Waals surface area contributed by atoms with E-state index in [9.17, 15) is 9.59 Å². The van der Waals surface area contributed by atoms with E-state index in [1.165, 1.54) is 0 Å². The van der Waals surface area contributed by atoms with E-state index < -0.39 is 0 Å². The minimum atomic E-state index is -0.370. The van der Waals surface area contributed by atoms with Crippen molar-refractivity contribution in [2.45, 2.75) is 6.42 Å². The lowest BCUT2D eigenvalue weighted by atomic mass is 10.2. The van der Waals surface area contributed by atoms with Crippen LogP contribution in [0.1, 0.15) is 6.42 Å². The number of carbonyl (C=O) groups is 2. The van der Waals surface area contributed by atoms with Gasteiger partial charge in [0.05, 0.1) is 5.69 Å². The van der Waals surface area contributed by atoms with Crippen molar-refractivity contribution in [2.24, 2.45) is 0 Å². The van der Waals surface area contributed by atoms with Crippen molar-refractivity contribution in [1.29, 1.82) is 0 Å². The predicted octanol–water partition coefficient (Wildman–Crippen LogP) is 1.61. The summed E-state index contributed by atoms with van der Waals surface area (Å²) in [5, 5.41) is 2.95. The highest BCUT2D eigenvalue weighted by atomic mass is 35.5. The third-order valence-electron chi connectivity index (χ3n) is 2.65. The maximum absolute atomic E-state index is 11.9. The first-order chi connectivity index (χ1) is 8.67. The van der Waals surface area contributed by atoms with E-state index in [1.54, 1.807) is 19.2 Å². The molecule has 0 saturated heterocycles. The largest absolute Gasteiger partial charge is 0.482 e. The van der Waals surface area contributed by atoms with Gasteiger partial charge in [-0.2, -0.15) is 0 Å². The van der Waals surface area contributed by atoms with Crippen LogP contribution < -0.4 is 15.0 Å². The molecule has 0 aromatic heterocycles. The van der Waals surface area contributed by atoms with Gasteiger partial charge in [0.15, 0.2) is 6.61 Å². The van der Waals surface area contributed by atoms with Gasteiger partial charge < -0.3 is 10.1 Å². The summed E-state index contributed by atoms with van der Waals surface area (Å²) in [6.07, 6.45) is 0.122. The number of nitrogens with zero attached hydrogens (tertiary/aromatic N) is 1. The van der Waals surface area contributed by atoms with E-state index in [4.69, 9.17) is 16.3 Å². The Morgan fingerprint density at radius 2 is 2.33 bits per heavy atom. The van der Waals surface area contributed by atoms with Crippen LogP contribution in [0.5, 0.6) is 5.75 Å². The molecule has 1 N–H and O–H groups in total. The van der Waals surface area contributed by atoms with Gasteiger partial charge in [0.1, 0.15) is 5.75 Å². The summed E-state index contributed by atoms with van der Waals surface area (Å²) >= 11 is 5.55. The Morgan fingerprint density at radius 1 is 1.56 bits per heavy atom. The Balaban J connectivity index is 2.42. The molecule has 18 heavy (non-hydrogen) atoms. The van der Waals surface area contributed by atoms with Crippen LogP contribution in [-0.4, -0.2) is 31.3 Å². The number of carbonyl (C=O) groups excluding carboxylic acids is 2. The Labute approximate surface area is 110 Å². The highest BCUT2D eigenvalue weighted by molar-refractivity contribution is 6.22. The number of imide groups is 1. The van der Waals surface area contributed by atoms with Crippen LogP contribution in [0, 0.1) is 0 Å². The molecular formula is C12H13ClN2O3. The summed E-state index contributed by atoms with van der Waals surface area (Å²) in [6, 6.07) is 5.26. The molecule has 0 unspecified atom stereocenters. The molecule has 0 radical (unpaired) electrons. The van der Waals surface area contributed by atoms with Crippen LogP contribution >= 0.6 is 11.6 Å². The van der Waals surface area contributed by atoms with E-state index in [0.29, 0.717) is 11.4 Å². The van der Waals surface area contributed by atoms with Gasteiger partial charge >= 0.3 is 0 Å². The minimum Gasteiger partial charge on any atom is -0.482 e. The molecule has 0 fully saturated rings. The zero-order valence-corrected chi connectivity index (χ0v) is 10.7. The van der Waals surface area contributed by atoms with Gasteiger partial charge in [0.2, 0.25) is 5.91 Å². The van der Waals surface area contributed by atoms with Gasteiger partial charge in [0.25, 0.3) is 5.91 Å². The number of amides is 2. The lowest BCUT2D eigenvalue weighted by molar-refractivity contribution is -0.128. The molecule has 1 aromatic carbocycles. The van der Waals surface area contributed by atoms with Crippen molar-refractivity contribution >= 4 is 34.8 Å². The third-order valence-corrected chi connectivity index (χ3v) is 2.84. The standard InChI is InChI=1S/C12H13ClN2O3/c1-14-8-2-3-10-9(6-8)15(11(16)4-5-13)12(17)7-18-10/h2-3,6,14H,4-5,7H2,1H3. The highest BCUT2D eigenvalue weighted by Gasteiger charge is 2.30. The van der Waals surface area contributed by atoms with Gasteiger partial charge in [-0.3, -0.25) is 9.59 Å². The van der Waals surface area contributed by atoms with Crippen LogP contribution in [0.3, 0.4) is 0 Å². The molecule has 1 aliphatic rings. The Hall–Kier alpha value is -1.75. The number of halogens is 1. The lowest BCUT2D eigenvalue weighted by Gasteiger charge is -2.28. The summed E-state index contributed by atoms with van der Waals surface area (Å²) in [6.45, 7) is -0.125.